The molecule has 4 aromatic rings. The van der Waals surface area contributed by atoms with Crippen molar-refractivity contribution in [3.05, 3.63) is 124 Å². The molecule has 0 amide bonds. The number of benzene rings is 4. The second-order valence-electron chi connectivity index (χ2n) is 10.1. The highest BCUT2D eigenvalue weighted by molar-refractivity contribution is 6.30. The van der Waals surface area contributed by atoms with E-state index >= 15 is 0 Å². The van der Waals surface area contributed by atoms with Crippen LogP contribution < -0.4 is 10.1 Å². The maximum absolute atomic E-state index is 6.28. The minimum Gasteiger partial charge on any atom is -0.457 e. The molecule has 4 aromatic carbocycles. The maximum atomic E-state index is 6.28. The quantitative estimate of drug-likeness (QED) is 0.270. The normalized spacial score (nSPS) is 16.9. The van der Waals surface area contributed by atoms with Gasteiger partial charge in [0, 0.05) is 22.9 Å². The first kappa shape index (κ1) is 24.0. The lowest BCUT2D eigenvalue weighted by Gasteiger charge is -2.21. The summed E-state index contributed by atoms with van der Waals surface area (Å²) in [5.74, 6) is 1.97. The van der Waals surface area contributed by atoms with Crippen LogP contribution in [0.3, 0.4) is 0 Å². The van der Waals surface area contributed by atoms with Crippen molar-refractivity contribution in [2.75, 3.05) is 6.54 Å². The average Bonchev–Trinajstić information content (AvgIpc) is 3.37. The van der Waals surface area contributed by atoms with Crippen molar-refractivity contribution in [1.82, 2.24) is 5.32 Å². The second kappa shape index (κ2) is 10.6. The molecule has 1 unspecified atom stereocenters. The predicted molar refractivity (Wildman–Crippen MR) is 156 cm³/mol. The number of halogens is 1. The zero-order chi connectivity index (χ0) is 25.2. The predicted octanol–water partition coefficient (Wildman–Crippen LogP) is 9.23. The fourth-order valence-corrected chi connectivity index (χ4v) is 5.77. The van der Waals surface area contributed by atoms with E-state index in [2.05, 4.69) is 79.0 Å². The van der Waals surface area contributed by atoms with E-state index in [1.165, 1.54) is 51.6 Å². The van der Waals surface area contributed by atoms with E-state index in [1.807, 2.05) is 24.3 Å². The Labute approximate surface area is 224 Å². The number of rotatable bonds is 7. The molecule has 0 fully saturated rings. The van der Waals surface area contributed by atoms with Crippen LogP contribution in [0.5, 0.6) is 11.5 Å². The van der Waals surface area contributed by atoms with Gasteiger partial charge in [0.2, 0.25) is 0 Å². The maximum Gasteiger partial charge on any atom is 0.135 e. The number of fused-ring (bicyclic) bond motifs is 2. The third-order valence-corrected chi connectivity index (χ3v) is 7.87. The molecule has 1 heterocycles. The molecule has 0 bridgehead atoms. The highest BCUT2D eigenvalue weighted by Gasteiger charge is 2.24. The summed E-state index contributed by atoms with van der Waals surface area (Å²) in [4.78, 5) is 0. The number of nitrogens with one attached hydrogen (secondary N) is 1. The Morgan fingerprint density at radius 2 is 1.76 bits per heavy atom. The molecule has 1 N–H and O–H groups in total. The van der Waals surface area contributed by atoms with E-state index in [0.29, 0.717) is 10.9 Å². The van der Waals surface area contributed by atoms with Crippen molar-refractivity contribution in [3.63, 3.8) is 0 Å². The summed E-state index contributed by atoms with van der Waals surface area (Å²) in [5.41, 5.74) is 8.44. The van der Waals surface area contributed by atoms with Crippen molar-refractivity contribution in [1.29, 1.82) is 0 Å². The molecule has 0 aromatic heterocycles. The Morgan fingerprint density at radius 3 is 2.59 bits per heavy atom. The monoisotopic (exact) mass is 505 g/mol. The van der Waals surface area contributed by atoms with Crippen LogP contribution in [0.1, 0.15) is 54.4 Å². The van der Waals surface area contributed by atoms with E-state index in [-0.39, 0.29) is 0 Å². The smallest absolute Gasteiger partial charge is 0.135 e. The van der Waals surface area contributed by atoms with Crippen LogP contribution in [0, 0.1) is 0 Å². The van der Waals surface area contributed by atoms with Gasteiger partial charge in [-0.2, -0.15) is 0 Å². The van der Waals surface area contributed by atoms with Crippen LogP contribution in [0.2, 0.25) is 5.02 Å². The molecule has 2 nitrogen and oxygen atoms in total. The Bertz CT molecular complexity index is 1500. The van der Waals surface area contributed by atoms with Crippen molar-refractivity contribution in [2.45, 2.75) is 45.1 Å². The van der Waals surface area contributed by atoms with Gasteiger partial charge in [0.15, 0.2) is 0 Å². The van der Waals surface area contributed by atoms with Gasteiger partial charge in [-0.1, -0.05) is 91.2 Å². The van der Waals surface area contributed by atoms with Crippen molar-refractivity contribution >= 4 is 27.9 Å². The third kappa shape index (κ3) is 4.97. The molecular weight excluding hydrogens is 474 g/mol. The van der Waals surface area contributed by atoms with Crippen LogP contribution in [-0.4, -0.2) is 6.54 Å². The summed E-state index contributed by atoms with van der Waals surface area (Å²) in [6.07, 6.45) is 9.59. The lowest BCUT2D eigenvalue weighted by atomic mass is 9.87. The summed E-state index contributed by atoms with van der Waals surface area (Å²) >= 11 is 6.07. The van der Waals surface area contributed by atoms with Gasteiger partial charge in [-0.05, 0) is 89.4 Å². The van der Waals surface area contributed by atoms with E-state index in [1.54, 1.807) is 0 Å². The van der Waals surface area contributed by atoms with Crippen LogP contribution in [0.15, 0.2) is 96.6 Å². The second-order valence-corrected chi connectivity index (χ2v) is 10.5. The molecule has 3 heteroatoms. The molecule has 0 spiro atoms. The van der Waals surface area contributed by atoms with Crippen molar-refractivity contribution in [3.8, 4) is 11.5 Å². The Morgan fingerprint density at radius 1 is 0.919 bits per heavy atom. The summed E-state index contributed by atoms with van der Waals surface area (Å²) in [6.45, 7) is 4.32. The highest BCUT2D eigenvalue weighted by atomic mass is 35.5. The summed E-state index contributed by atoms with van der Waals surface area (Å²) in [5, 5.41) is 6.56. The van der Waals surface area contributed by atoms with Gasteiger partial charge in [-0.25, -0.2) is 0 Å². The molecule has 6 rings (SSSR count). The van der Waals surface area contributed by atoms with Gasteiger partial charge in [0.05, 0.1) is 0 Å². The third-order valence-electron chi connectivity index (χ3n) is 7.62. The molecular formula is C34H32ClNO. The first-order valence-electron chi connectivity index (χ1n) is 13.4. The Kier molecular flexibility index (Phi) is 6.87. The minimum absolute atomic E-state index is 0.331. The van der Waals surface area contributed by atoms with Crippen molar-refractivity contribution < 1.29 is 4.74 Å². The molecule has 2 aliphatic rings. The number of ether oxygens (including phenoxy) is 1. The SMILES string of the molecule is CCCCC1=CC(c2ccc(Oc3ccc(Cl)cc3)c3ccccc23)=CC1c1ccc2c(c1)CNCC2. The largest absolute Gasteiger partial charge is 0.457 e. The standard InChI is InChI=1S/C34H32ClNO/c1-2-3-6-24-19-26(21-33(24)25-10-9-23-17-18-36-22-27(23)20-25)30-15-16-34(32-8-5-4-7-31(30)32)37-29-13-11-28(35)12-14-29/h4-5,7-16,19-21,33,36H,2-3,6,17-18,22H2,1H3. The lowest BCUT2D eigenvalue weighted by molar-refractivity contribution is 0.488. The van der Waals surface area contributed by atoms with Crippen molar-refractivity contribution in [2.24, 2.45) is 0 Å². The van der Waals surface area contributed by atoms with Crippen LogP contribution in [0.4, 0.5) is 0 Å². The van der Waals surface area contributed by atoms with Gasteiger partial charge < -0.3 is 10.1 Å². The van der Waals surface area contributed by atoms with E-state index in [4.69, 9.17) is 16.3 Å². The molecule has 37 heavy (non-hydrogen) atoms. The minimum atomic E-state index is 0.331. The number of hydrogen-bond acceptors (Lipinski definition) is 2. The number of hydrogen-bond donors (Lipinski definition) is 1. The fraction of sp³-hybridized carbons (Fsp3) is 0.235. The number of unbranched alkanes of at least 4 members (excludes halogenated alkanes) is 1. The van der Waals surface area contributed by atoms with Gasteiger partial charge in [0.25, 0.3) is 0 Å². The van der Waals surface area contributed by atoms with Gasteiger partial charge in [0.1, 0.15) is 11.5 Å². The zero-order valence-electron chi connectivity index (χ0n) is 21.3. The average molecular weight is 506 g/mol. The first-order valence-corrected chi connectivity index (χ1v) is 13.8. The van der Waals surface area contributed by atoms with Gasteiger partial charge in [-0.15, -0.1) is 0 Å². The Hall–Kier alpha value is -3.33. The molecule has 186 valence electrons. The lowest BCUT2D eigenvalue weighted by Crippen LogP contribution is -2.23. The topological polar surface area (TPSA) is 21.3 Å². The Balaban J connectivity index is 1.39. The molecule has 0 saturated heterocycles. The molecule has 0 radical (unpaired) electrons. The van der Waals surface area contributed by atoms with Gasteiger partial charge >= 0.3 is 0 Å². The van der Waals surface area contributed by atoms with Gasteiger partial charge in [-0.3, -0.25) is 0 Å². The molecule has 1 aliphatic carbocycles. The summed E-state index contributed by atoms with van der Waals surface area (Å²) < 4.78 is 6.28. The fourth-order valence-electron chi connectivity index (χ4n) is 5.65. The van der Waals surface area contributed by atoms with Crippen LogP contribution >= 0.6 is 11.6 Å². The van der Waals surface area contributed by atoms with Crippen LogP contribution in [0.25, 0.3) is 16.3 Å². The van der Waals surface area contributed by atoms with E-state index in [9.17, 15) is 0 Å². The van der Waals surface area contributed by atoms with Crippen LogP contribution in [-0.2, 0) is 13.0 Å². The highest BCUT2D eigenvalue weighted by Crippen LogP contribution is 2.43. The number of allylic oxidation sites excluding steroid dienone is 4. The molecule has 1 atom stereocenters. The van der Waals surface area contributed by atoms with E-state index < -0.39 is 0 Å². The summed E-state index contributed by atoms with van der Waals surface area (Å²) in [7, 11) is 0. The molecule has 1 aliphatic heterocycles. The van der Waals surface area contributed by atoms with E-state index in [0.717, 1.165) is 42.8 Å². The zero-order valence-corrected chi connectivity index (χ0v) is 22.0. The molecule has 0 saturated carbocycles. The first-order chi connectivity index (χ1) is 18.2. The summed E-state index contributed by atoms with van der Waals surface area (Å²) in [6, 6.07) is 27.5.